The van der Waals surface area contributed by atoms with Crippen molar-refractivity contribution in [2.24, 2.45) is 0 Å². The van der Waals surface area contributed by atoms with Crippen LogP contribution in [0.25, 0.3) is 0 Å². The minimum atomic E-state index is -1.72. The molecule has 43 heavy (non-hydrogen) atoms. The Hall–Kier alpha value is -5.23. The first kappa shape index (κ1) is 32.3. The first-order valence-electron chi connectivity index (χ1n) is 13.0. The van der Waals surface area contributed by atoms with E-state index in [2.05, 4.69) is 21.3 Å². The monoisotopic (exact) mass is 598 g/mol. The number of benzene rings is 2. The van der Waals surface area contributed by atoms with Crippen molar-refractivity contribution in [3.05, 3.63) is 41.5 Å². The van der Waals surface area contributed by atoms with Crippen LogP contribution in [0.3, 0.4) is 0 Å². The number of aliphatic hydroxyl groups excluding tert-OH is 1. The number of aromatic hydroxyl groups is 1. The second kappa shape index (κ2) is 13.2. The van der Waals surface area contributed by atoms with Crippen molar-refractivity contribution in [1.82, 2.24) is 21.3 Å². The van der Waals surface area contributed by atoms with Gasteiger partial charge < -0.3 is 51.4 Å². The van der Waals surface area contributed by atoms with Gasteiger partial charge in [-0.05, 0) is 56.2 Å². The van der Waals surface area contributed by atoms with Gasteiger partial charge in [0.1, 0.15) is 29.8 Å². The normalized spacial score (nSPS) is 20.5. The topological polar surface area (TPSA) is 234 Å². The highest BCUT2D eigenvalue weighted by atomic mass is 16.6. The molecule has 8 N–H and O–H groups in total. The summed E-state index contributed by atoms with van der Waals surface area (Å²) in [4.78, 5) is 52.3. The van der Waals surface area contributed by atoms with Crippen LogP contribution in [-0.2, 0) is 19.1 Å². The molecule has 0 radical (unpaired) electrons. The van der Waals surface area contributed by atoms with E-state index < -0.39 is 65.8 Å². The molecule has 4 bridgehead atoms. The lowest BCUT2D eigenvalue weighted by molar-refractivity contribution is -0.133. The van der Waals surface area contributed by atoms with E-state index in [0.29, 0.717) is 0 Å². The average Bonchev–Trinajstić information content (AvgIpc) is 2.92. The van der Waals surface area contributed by atoms with Crippen LogP contribution in [-0.4, -0.2) is 65.9 Å². The fraction of sp³-hybridized carbons (Fsp3) is 0.393. The number of carbonyl (C=O) groups excluding carboxylic acids is 4. The van der Waals surface area contributed by atoms with Crippen LogP contribution < -0.4 is 36.5 Å². The predicted molar refractivity (Wildman–Crippen MR) is 151 cm³/mol. The number of phenolic OH excluding ortho intramolecular Hbond substituents is 1. The minimum Gasteiger partial charge on any atom is -0.504 e. The van der Waals surface area contributed by atoms with Crippen LogP contribution in [0.4, 0.5) is 10.5 Å². The van der Waals surface area contributed by atoms with E-state index in [1.165, 1.54) is 44.5 Å². The third-order valence-electron chi connectivity index (χ3n) is 6.18. The molecule has 0 saturated heterocycles. The van der Waals surface area contributed by atoms with Gasteiger partial charge in [0.25, 0.3) is 0 Å². The molecule has 2 aromatic carbocycles. The van der Waals surface area contributed by atoms with Gasteiger partial charge in [-0.25, -0.2) is 4.79 Å². The van der Waals surface area contributed by atoms with E-state index in [0.717, 1.165) is 0 Å². The number of methoxy groups -OCH3 is 1. The van der Waals surface area contributed by atoms with Gasteiger partial charge in [0.2, 0.25) is 23.5 Å². The van der Waals surface area contributed by atoms with Crippen molar-refractivity contribution < 1.29 is 43.6 Å². The van der Waals surface area contributed by atoms with Crippen molar-refractivity contribution in [3.8, 4) is 29.1 Å². The van der Waals surface area contributed by atoms with Gasteiger partial charge >= 0.3 is 6.09 Å². The summed E-state index contributed by atoms with van der Waals surface area (Å²) in [6, 6.07) is 3.65. The molecule has 2 heterocycles. The molecule has 4 amide bonds. The largest absolute Gasteiger partial charge is 0.504 e. The quantitative estimate of drug-likeness (QED) is 0.245. The van der Waals surface area contributed by atoms with Crippen LogP contribution in [0.15, 0.2) is 30.3 Å². The highest BCUT2D eigenvalue weighted by Gasteiger charge is 2.36. The summed E-state index contributed by atoms with van der Waals surface area (Å²) in [5.74, 6) is -3.26. The highest BCUT2D eigenvalue weighted by Crippen LogP contribution is 2.43. The van der Waals surface area contributed by atoms with Crippen molar-refractivity contribution in [2.75, 3.05) is 19.9 Å². The van der Waals surface area contributed by atoms with Gasteiger partial charge in [-0.2, -0.15) is 5.26 Å². The Kier molecular flexibility index (Phi) is 9.89. The van der Waals surface area contributed by atoms with E-state index in [9.17, 15) is 34.7 Å². The number of anilines is 1. The number of aliphatic hydroxyl groups is 1. The number of nitrogens with two attached hydrogens (primary N) is 1. The summed E-state index contributed by atoms with van der Waals surface area (Å²) in [7, 11) is 2.60. The minimum absolute atomic E-state index is 0.00877. The van der Waals surface area contributed by atoms with Crippen molar-refractivity contribution in [2.45, 2.75) is 57.0 Å². The number of nitrogen functional groups attached to an aromatic ring is 1. The second-order valence-electron chi connectivity index (χ2n) is 10.5. The molecular formula is C28H34N6O9. The lowest BCUT2D eigenvalue weighted by Gasteiger charge is -2.28. The van der Waals surface area contributed by atoms with Gasteiger partial charge in [-0.1, -0.05) is 6.07 Å². The number of alkyl carbamates (subject to hydrolysis) is 1. The number of nitriles is 1. The molecule has 4 rings (SSSR count). The standard InChI is InChI=1S/C28H34N6O9/c1-28(2,3)43-27(40)34-21-22(36)13-6-7-18(15(30)10-13)42-19-12-14(11-17(35)23(19)41-5)20(25(38)31-4)33-24(37)16(8-9-29)32-26(21)39/h6-7,10-12,16,20-22,35-36H,8,30H2,1-5H3,(H,31,38)(H,32,39)(H,33,37)(H,34,40)/t16-,20-,21+,22+/m1/s1. The zero-order valence-electron chi connectivity index (χ0n) is 24.2. The van der Waals surface area contributed by atoms with Crippen LogP contribution in [0.1, 0.15) is 50.5 Å². The zero-order chi connectivity index (χ0) is 32.1. The molecular weight excluding hydrogens is 564 g/mol. The molecule has 0 fully saturated rings. The fourth-order valence-corrected chi connectivity index (χ4v) is 4.18. The summed E-state index contributed by atoms with van der Waals surface area (Å²) in [5, 5.41) is 40.8. The number of rotatable bonds is 4. The molecule has 4 atom stereocenters. The molecule has 15 heteroatoms. The van der Waals surface area contributed by atoms with E-state index in [4.69, 9.17) is 19.9 Å². The van der Waals surface area contributed by atoms with Crippen molar-refractivity contribution in [3.63, 3.8) is 0 Å². The molecule has 0 aliphatic carbocycles. The number of phenols is 1. The number of hydrogen-bond donors (Lipinski definition) is 7. The smallest absolute Gasteiger partial charge is 0.408 e. The van der Waals surface area contributed by atoms with Crippen LogP contribution >= 0.6 is 0 Å². The Morgan fingerprint density at radius 1 is 1.12 bits per heavy atom. The van der Waals surface area contributed by atoms with Crippen molar-refractivity contribution in [1.29, 1.82) is 5.26 Å². The average molecular weight is 599 g/mol. The zero-order valence-corrected chi connectivity index (χ0v) is 24.2. The van der Waals surface area contributed by atoms with Crippen LogP contribution in [0, 0.1) is 11.3 Å². The third kappa shape index (κ3) is 7.74. The summed E-state index contributed by atoms with van der Waals surface area (Å²) < 4.78 is 16.4. The third-order valence-corrected chi connectivity index (χ3v) is 6.18. The SMILES string of the molecule is CNC(=O)[C@@H]1NC(=O)[C@@H](CC#N)NC(=O)[C@@H](NC(=O)OC(C)(C)C)[C@@H](O)c2ccc(c(N)c2)Oc2cc1cc(O)c2OC. The molecule has 0 saturated carbocycles. The maximum absolute atomic E-state index is 13.5. The predicted octanol–water partition coefficient (Wildman–Crippen LogP) is 1.02. The Balaban J connectivity index is 2.21. The van der Waals surface area contributed by atoms with Crippen LogP contribution in [0.5, 0.6) is 23.0 Å². The maximum Gasteiger partial charge on any atom is 0.408 e. The fourth-order valence-electron chi connectivity index (χ4n) is 4.18. The Morgan fingerprint density at radius 3 is 2.40 bits per heavy atom. The Bertz CT molecular complexity index is 1450. The number of hydrogen-bond acceptors (Lipinski definition) is 11. The number of nitrogens with zero attached hydrogens (tertiary/aromatic N) is 1. The highest BCUT2D eigenvalue weighted by molar-refractivity contribution is 5.94. The Morgan fingerprint density at radius 2 is 1.81 bits per heavy atom. The Labute approximate surface area is 247 Å². The number of likely N-dealkylation sites (N-methyl/N-ethyl adjacent to an activating group) is 1. The van der Waals surface area contributed by atoms with E-state index >= 15 is 0 Å². The molecule has 0 aromatic heterocycles. The first-order chi connectivity index (χ1) is 20.2. The molecule has 2 aliphatic rings. The summed E-state index contributed by atoms with van der Waals surface area (Å²) >= 11 is 0. The van der Waals surface area contributed by atoms with Gasteiger partial charge in [-0.15, -0.1) is 0 Å². The lowest BCUT2D eigenvalue weighted by atomic mass is 9.99. The first-order valence-corrected chi connectivity index (χ1v) is 13.0. The van der Waals surface area contributed by atoms with Gasteiger partial charge in [0.15, 0.2) is 17.2 Å². The number of ether oxygens (including phenoxy) is 3. The van der Waals surface area contributed by atoms with Gasteiger partial charge in [-0.3, -0.25) is 14.4 Å². The number of fused-ring (bicyclic) bond motifs is 9. The lowest BCUT2D eigenvalue weighted by Crippen LogP contribution is -2.56. The van der Waals surface area contributed by atoms with Crippen LogP contribution in [0.2, 0.25) is 0 Å². The molecule has 2 aliphatic heterocycles. The number of nitrogens with one attached hydrogen (secondary N) is 4. The summed E-state index contributed by atoms with van der Waals surface area (Å²) in [5.41, 5.74) is 5.39. The maximum atomic E-state index is 13.5. The number of carbonyl (C=O) groups is 4. The molecule has 230 valence electrons. The molecule has 2 aromatic rings. The number of amides is 4. The van der Waals surface area contributed by atoms with E-state index in [1.807, 2.05) is 0 Å². The van der Waals surface area contributed by atoms with Gasteiger partial charge in [0.05, 0.1) is 25.3 Å². The second-order valence-corrected chi connectivity index (χ2v) is 10.5. The summed E-state index contributed by atoms with van der Waals surface area (Å²) in [6.45, 7) is 4.80. The van der Waals surface area contributed by atoms with E-state index in [1.54, 1.807) is 26.8 Å². The molecule has 0 spiro atoms. The summed E-state index contributed by atoms with van der Waals surface area (Å²) in [6.07, 6.45) is -3.31. The van der Waals surface area contributed by atoms with E-state index in [-0.39, 0.29) is 34.1 Å². The molecule has 15 nitrogen and oxygen atoms in total. The van der Waals surface area contributed by atoms with Gasteiger partial charge in [0, 0.05) is 7.05 Å². The van der Waals surface area contributed by atoms with Crippen molar-refractivity contribution >= 4 is 29.5 Å². The molecule has 0 unspecified atom stereocenters.